The molecule has 1 aromatic carbocycles. The first kappa shape index (κ1) is 14.6. The molecule has 0 fully saturated rings. The molecule has 4 heteroatoms. The predicted octanol–water partition coefficient (Wildman–Crippen LogP) is 3.31. The van der Waals surface area contributed by atoms with Gasteiger partial charge in [-0.05, 0) is 43.3 Å². The fraction of sp³-hybridized carbons (Fsp3) is 0.278. The zero-order valence-corrected chi connectivity index (χ0v) is 13.0. The molecule has 0 aliphatic carbocycles. The molecule has 3 aromatic rings. The van der Waals surface area contributed by atoms with Crippen molar-refractivity contribution in [3.05, 3.63) is 60.0 Å². The second kappa shape index (κ2) is 6.62. The minimum Gasteiger partial charge on any atom is -0.495 e. The van der Waals surface area contributed by atoms with Gasteiger partial charge in [-0.15, -0.1) is 0 Å². The van der Waals surface area contributed by atoms with Crippen LogP contribution in [0.2, 0.25) is 0 Å². The molecule has 2 heterocycles. The van der Waals surface area contributed by atoms with E-state index in [9.17, 15) is 0 Å². The normalized spacial score (nSPS) is 12.5. The van der Waals surface area contributed by atoms with Crippen molar-refractivity contribution >= 4 is 10.9 Å². The summed E-state index contributed by atoms with van der Waals surface area (Å²) in [5, 5.41) is 4.46. The SMILES string of the molecule is CNCCC(c1cccnc1)c1c[nH]c2c(OC)cccc12. The van der Waals surface area contributed by atoms with Crippen LogP contribution in [0.1, 0.15) is 23.5 Å². The second-order valence-corrected chi connectivity index (χ2v) is 5.36. The average molecular weight is 295 g/mol. The van der Waals surface area contributed by atoms with Crippen LogP contribution in [-0.2, 0) is 0 Å². The Balaban J connectivity index is 2.08. The fourth-order valence-electron chi connectivity index (χ4n) is 2.98. The van der Waals surface area contributed by atoms with Crippen molar-refractivity contribution in [2.24, 2.45) is 0 Å². The van der Waals surface area contributed by atoms with Gasteiger partial charge in [0.1, 0.15) is 5.75 Å². The molecule has 22 heavy (non-hydrogen) atoms. The van der Waals surface area contributed by atoms with E-state index in [1.54, 1.807) is 7.11 Å². The van der Waals surface area contributed by atoms with Gasteiger partial charge in [-0.1, -0.05) is 18.2 Å². The highest BCUT2D eigenvalue weighted by Crippen LogP contribution is 2.35. The van der Waals surface area contributed by atoms with E-state index in [-0.39, 0.29) is 0 Å². The number of hydrogen-bond donors (Lipinski definition) is 2. The van der Waals surface area contributed by atoms with Crippen LogP contribution in [-0.4, -0.2) is 30.7 Å². The zero-order valence-electron chi connectivity index (χ0n) is 13.0. The number of ether oxygens (including phenoxy) is 1. The summed E-state index contributed by atoms with van der Waals surface area (Å²) in [6.07, 6.45) is 6.89. The number of aromatic nitrogens is 2. The lowest BCUT2D eigenvalue weighted by atomic mass is 9.89. The molecule has 0 aliphatic heterocycles. The number of hydrogen-bond acceptors (Lipinski definition) is 3. The predicted molar refractivity (Wildman–Crippen MR) is 89.5 cm³/mol. The Hall–Kier alpha value is -2.33. The summed E-state index contributed by atoms with van der Waals surface area (Å²) < 4.78 is 5.45. The number of nitrogens with one attached hydrogen (secondary N) is 2. The number of pyridine rings is 1. The summed E-state index contributed by atoms with van der Waals surface area (Å²) in [5.74, 6) is 1.18. The molecule has 0 amide bonds. The average Bonchev–Trinajstić information content (AvgIpc) is 3.00. The number of rotatable bonds is 6. The van der Waals surface area contributed by atoms with Gasteiger partial charge in [0, 0.05) is 29.9 Å². The Morgan fingerprint density at radius 3 is 2.91 bits per heavy atom. The number of aromatic amines is 1. The van der Waals surface area contributed by atoms with Crippen molar-refractivity contribution in [1.82, 2.24) is 15.3 Å². The molecule has 0 radical (unpaired) electrons. The lowest BCUT2D eigenvalue weighted by Crippen LogP contribution is -2.13. The van der Waals surface area contributed by atoms with Crippen molar-refractivity contribution in [2.75, 3.05) is 20.7 Å². The van der Waals surface area contributed by atoms with Crippen molar-refractivity contribution in [1.29, 1.82) is 0 Å². The summed E-state index contributed by atoms with van der Waals surface area (Å²) >= 11 is 0. The second-order valence-electron chi connectivity index (χ2n) is 5.36. The summed E-state index contributed by atoms with van der Waals surface area (Å²) in [6, 6.07) is 10.3. The first-order chi connectivity index (χ1) is 10.8. The molecule has 1 unspecified atom stereocenters. The van der Waals surface area contributed by atoms with Gasteiger partial charge in [-0.2, -0.15) is 0 Å². The summed E-state index contributed by atoms with van der Waals surface area (Å²) in [5.41, 5.74) is 3.58. The Kier molecular flexibility index (Phi) is 4.39. The van der Waals surface area contributed by atoms with Crippen LogP contribution in [0.3, 0.4) is 0 Å². The largest absolute Gasteiger partial charge is 0.495 e. The van der Waals surface area contributed by atoms with Crippen LogP contribution < -0.4 is 10.1 Å². The third-order valence-corrected chi connectivity index (χ3v) is 4.07. The highest BCUT2D eigenvalue weighted by Gasteiger charge is 2.19. The van der Waals surface area contributed by atoms with Crippen LogP contribution in [0.15, 0.2) is 48.9 Å². The number of fused-ring (bicyclic) bond motifs is 1. The Bertz CT molecular complexity index is 736. The molecule has 0 saturated carbocycles. The zero-order chi connectivity index (χ0) is 15.4. The summed E-state index contributed by atoms with van der Waals surface area (Å²) in [7, 11) is 3.69. The minimum atomic E-state index is 0.307. The highest BCUT2D eigenvalue weighted by atomic mass is 16.5. The number of benzene rings is 1. The number of methoxy groups -OCH3 is 1. The topological polar surface area (TPSA) is 49.9 Å². The molecule has 114 valence electrons. The smallest absolute Gasteiger partial charge is 0.142 e. The Morgan fingerprint density at radius 2 is 2.18 bits per heavy atom. The van der Waals surface area contributed by atoms with E-state index >= 15 is 0 Å². The summed E-state index contributed by atoms with van der Waals surface area (Å²) in [6.45, 7) is 0.955. The molecule has 0 saturated heterocycles. The molecule has 4 nitrogen and oxygen atoms in total. The van der Waals surface area contributed by atoms with Gasteiger partial charge in [-0.3, -0.25) is 4.98 Å². The van der Waals surface area contributed by atoms with Crippen molar-refractivity contribution in [2.45, 2.75) is 12.3 Å². The lowest BCUT2D eigenvalue weighted by Gasteiger charge is -2.16. The van der Waals surface area contributed by atoms with Gasteiger partial charge < -0.3 is 15.0 Å². The molecule has 1 atom stereocenters. The molecule has 0 spiro atoms. The highest BCUT2D eigenvalue weighted by molar-refractivity contribution is 5.89. The third-order valence-electron chi connectivity index (χ3n) is 4.07. The van der Waals surface area contributed by atoms with E-state index in [1.807, 2.05) is 37.6 Å². The molecule has 0 aliphatic rings. The van der Waals surface area contributed by atoms with Crippen LogP contribution in [0.4, 0.5) is 0 Å². The van der Waals surface area contributed by atoms with Gasteiger partial charge >= 0.3 is 0 Å². The quantitative estimate of drug-likeness (QED) is 0.733. The first-order valence-corrected chi connectivity index (χ1v) is 7.53. The van der Waals surface area contributed by atoms with Crippen molar-refractivity contribution in [3.8, 4) is 5.75 Å². The van der Waals surface area contributed by atoms with E-state index in [0.717, 1.165) is 24.2 Å². The van der Waals surface area contributed by atoms with E-state index in [0.29, 0.717) is 5.92 Å². The number of nitrogens with zero attached hydrogens (tertiary/aromatic N) is 1. The van der Waals surface area contributed by atoms with Crippen LogP contribution in [0.5, 0.6) is 5.75 Å². The molecule has 3 rings (SSSR count). The van der Waals surface area contributed by atoms with E-state index < -0.39 is 0 Å². The Morgan fingerprint density at radius 1 is 1.27 bits per heavy atom. The maximum Gasteiger partial charge on any atom is 0.142 e. The molecular formula is C18H21N3O. The maximum absolute atomic E-state index is 5.45. The van der Waals surface area contributed by atoms with Gasteiger partial charge in [-0.25, -0.2) is 0 Å². The first-order valence-electron chi connectivity index (χ1n) is 7.53. The van der Waals surface area contributed by atoms with Gasteiger partial charge in [0.2, 0.25) is 0 Å². The van der Waals surface area contributed by atoms with Gasteiger partial charge in [0.15, 0.2) is 0 Å². The van der Waals surface area contributed by atoms with E-state index in [1.165, 1.54) is 16.5 Å². The molecular weight excluding hydrogens is 274 g/mol. The molecule has 2 aromatic heterocycles. The van der Waals surface area contributed by atoms with Crippen LogP contribution >= 0.6 is 0 Å². The van der Waals surface area contributed by atoms with Crippen LogP contribution in [0.25, 0.3) is 10.9 Å². The van der Waals surface area contributed by atoms with E-state index in [4.69, 9.17) is 4.74 Å². The van der Waals surface area contributed by atoms with Crippen LogP contribution in [0, 0.1) is 0 Å². The summed E-state index contributed by atoms with van der Waals surface area (Å²) in [4.78, 5) is 7.65. The maximum atomic E-state index is 5.45. The number of H-pyrrole nitrogens is 1. The minimum absolute atomic E-state index is 0.307. The molecule has 2 N–H and O–H groups in total. The van der Waals surface area contributed by atoms with Crippen molar-refractivity contribution in [3.63, 3.8) is 0 Å². The van der Waals surface area contributed by atoms with Gasteiger partial charge in [0.05, 0.1) is 12.6 Å². The Labute approximate surface area is 130 Å². The van der Waals surface area contributed by atoms with Crippen molar-refractivity contribution < 1.29 is 4.74 Å². The van der Waals surface area contributed by atoms with Gasteiger partial charge in [0.25, 0.3) is 0 Å². The van der Waals surface area contributed by atoms with E-state index in [2.05, 4.69) is 33.6 Å². The number of para-hydroxylation sites is 1. The fourth-order valence-corrected chi connectivity index (χ4v) is 2.98. The monoisotopic (exact) mass is 295 g/mol. The molecule has 0 bridgehead atoms. The standard InChI is InChI=1S/C18H21N3O/c1-19-10-8-14(13-5-4-9-20-11-13)16-12-21-18-15(16)6-3-7-17(18)22-2/h3-7,9,11-12,14,19,21H,8,10H2,1-2H3. The third kappa shape index (κ3) is 2.70. The lowest BCUT2D eigenvalue weighted by molar-refractivity contribution is 0.419.